The summed E-state index contributed by atoms with van der Waals surface area (Å²) in [5.41, 5.74) is -2.78. The van der Waals surface area contributed by atoms with Crippen molar-refractivity contribution in [2.45, 2.75) is 49.1 Å². The summed E-state index contributed by atoms with van der Waals surface area (Å²) in [6.45, 7) is -1.70. The number of aliphatic hydroxyl groups is 2. The monoisotopic (exact) mass is 1230 g/mol. The summed E-state index contributed by atoms with van der Waals surface area (Å²) in [5, 5.41) is 26.2. The fourth-order valence-electron chi connectivity index (χ4n) is 6.22. The van der Waals surface area contributed by atoms with Crippen LogP contribution in [0.3, 0.4) is 0 Å². The van der Waals surface area contributed by atoms with Gasteiger partial charge in [-0.1, -0.05) is 31.9 Å². The quantitative estimate of drug-likeness (QED) is 0.0396. The molecule has 4 heterocycles. The number of ether oxygens (including phenoxy) is 2. The molecule has 2 saturated heterocycles. The van der Waals surface area contributed by atoms with E-state index >= 15 is 0 Å². The first-order chi connectivity index (χ1) is 33.6. The number of carbonyl (C=O) groups excluding carboxylic acids is 2. The zero-order chi connectivity index (χ0) is 53.3. The van der Waals surface area contributed by atoms with E-state index in [4.69, 9.17) is 27.6 Å². The molecule has 72 heavy (non-hydrogen) atoms. The summed E-state index contributed by atoms with van der Waals surface area (Å²) >= 11 is 5.97. The Balaban J connectivity index is 0.000000267. The second-order valence-electron chi connectivity index (χ2n) is 14.4. The van der Waals surface area contributed by atoms with Crippen LogP contribution in [0.4, 0.5) is 11.4 Å². The van der Waals surface area contributed by atoms with Crippen LogP contribution in [0.1, 0.15) is 12.5 Å². The van der Waals surface area contributed by atoms with E-state index in [0.29, 0.717) is 15.9 Å². The third kappa shape index (κ3) is 17.4. The predicted octanol–water partition coefficient (Wildman–Crippen LogP) is -0.396. The van der Waals surface area contributed by atoms with Gasteiger partial charge >= 0.3 is 42.7 Å². The number of anilines is 2. The van der Waals surface area contributed by atoms with Gasteiger partial charge in [-0.05, 0) is 48.5 Å². The van der Waals surface area contributed by atoms with Crippen LogP contribution in [0.2, 0.25) is 0 Å². The normalized spacial score (nSPS) is 23.7. The summed E-state index contributed by atoms with van der Waals surface area (Å²) in [6.07, 6.45) is -11.8. The summed E-state index contributed by atoms with van der Waals surface area (Å²) < 4.78 is 88.4. The van der Waals surface area contributed by atoms with Gasteiger partial charge in [0.2, 0.25) is 11.8 Å². The Morgan fingerprint density at radius 3 is 1.38 bits per heavy atom. The van der Waals surface area contributed by atoms with Crippen molar-refractivity contribution in [3.8, 4) is 11.5 Å². The molecule has 396 valence electrons. The van der Waals surface area contributed by atoms with Crippen LogP contribution in [-0.4, -0.2) is 131 Å². The molecular weight excluding hydrogens is 1190 g/mol. The van der Waals surface area contributed by atoms with Crippen LogP contribution in [0, 0.1) is 0 Å². The highest BCUT2D eigenvalue weighted by atomic mass is 79.9. The van der Waals surface area contributed by atoms with Crippen molar-refractivity contribution in [3.63, 3.8) is 0 Å². The third-order valence-corrected chi connectivity index (χ3v) is 13.0. The number of aromatic nitrogens is 4. The van der Waals surface area contributed by atoms with Crippen molar-refractivity contribution in [1.82, 2.24) is 19.1 Å². The third-order valence-electron chi connectivity index (χ3n) is 9.16. The van der Waals surface area contributed by atoms with Crippen molar-refractivity contribution in [2.75, 3.05) is 34.5 Å². The molecule has 0 radical (unpaired) electrons. The zero-order valence-corrected chi connectivity index (χ0v) is 42.5. The van der Waals surface area contributed by atoms with E-state index in [-0.39, 0.29) is 34.0 Å². The number of aromatic amines is 2. The van der Waals surface area contributed by atoms with E-state index in [1.54, 1.807) is 0 Å². The number of nitrogens with zero attached hydrogens (tertiary/aromatic N) is 2. The maximum Gasteiger partial charge on any atom is 0.527 e. The summed E-state index contributed by atoms with van der Waals surface area (Å²) in [4.78, 5) is 130. The number of alkyl halides is 2. The molecule has 4 aromatic rings. The van der Waals surface area contributed by atoms with Crippen molar-refractivity contribution < 1.29 is 104 Å². The number of nitrogens with one attached hydrogen (secondary N) is 4. The second kappa shape index (κ2) is 24.8. The Hall–Kier alpha value is -4.34. The standard InChI is InChI=1S/2C17H20BrN3O13P2/c18-7-13(23)19-9-1-3-10(4-2-9)33-36(29,30)31-8-11-15(34-35(26,27)28)14(24)16(32-11)21-6-5-12(22)20-17(21)25;18-7-13(23)19-9-1-3-10(4-2-9)33-36(29,30)31-8-11-14(24)15(34-35(26,27)28)16(32-11)21-6-5-12(22)20-17(21)25/h2*1-6,11,14-16,24H,7-8H2,(H,19,23)(H,29,30)(H,20,22,25)(H2,26,27,28). The number of aliphatic hydroxyl groups excluding tert-OH is 2. The van der Waals surface area contributed by atoms with E-state index in [9.17, 15) is 86.6 Å². The number of amides is 2. The minimum Gasteiger partial charge on any atom is -0.404 e. The molecule has 0 bridgehead atoms. The minimum absolute atomic E-state index is 0.0628. The molecule has 32 nitrogen and oxygen atoms in total. The van der Waals surface area contributed by atoms with E-state index in [0.717, 1.165) is 29.1 Å². The number of benzene rings is 2. The first kappa shape index (κ1) is 58.5. The van der Waals surface area contributed by atoms with E-state index < -0.39 is 116 Å². The van der Waals surface area contributed by atoms with Gasteiger partial charge in [0.25, 0.3) is 11.1 Å². The molecule has 10 atom stereocenters. The van der Waals surface area contributed by atoms with Crippen molar-refractivity contribution in [2.24, 2.45) is 0 Å². The van der Waals surface area contributed by atoms with E-state index in [1.165, 1.54) is 48.5 Å². The van der Waals surface area contributed by atoms with Gasteiger partial charge in [0.15, 0.2) is 12.5 Å². The number of H-pyrrole nitrogens is 2. The van der Waals surface area contributed by atoms with Gasteiger partial charge < -0.3 is 58.9 Å². The smallest absolute Gasteiger partial charge is 0.404 e. The van der Waals surface area contributed by atoms with Gasteiger partial charge in [-0.15, -0.1) is 0 Å². The Kier molecular flexibility index (Phi) is 20.2. The van der Waals surface area contributed by atoms with Crippen LogP contribution in [0.25, 0.3) is 0 Å². The number of rotatable bonds is 20. The Morgan fingerprint density at radius 2 is 0.972 bits per heavy atom. The van der Waals surface area contributed by atoms with Crippen molar-refractivity contribution in [1.29, 1.82) is 0 Å². The first-order valence-corrected chi connectivity index (χ1v) is 27.9. The molecule has 2 aromatic carbocycles. The molecule has 2 aliphatic heterocycles. The summed E-state index contributed by atoms with van der Waals surface area (Å²) in [6, 6.07) is 12.5. The van der Waals surface area contributed by atoms with Gasteiger partial charge in [0.1, 0.15) is 48.1 Å². The molecule has 2 fully saturated rings. The Bertz CT molecular complexity index is 2990. The lowest BCUT2D eigenvalue weighted by atomic mass is 10.1. The van der Waals surface area contributed by atoms with Crippen LogP contribution in [0.15, 0.2) is 92.2 Å². The SMILES string of the molecule is O=C(CBr)Nc1ccc(OP(=O)(O)OCC2OC(n3ccc(=O)[nH]c3=O)C(O)C2OP(=O)(O)O)cc1.O=C(CBr)Nc1ccc(OP(=O)(O)OCC2OC(n3ccc(=O)[nH]c3=O)C(OP(=O)(O)O)C2O)cc1. The number of phosphoric ester groups is 4. The number of carbonyl (C=O) groups is 2. The molecule has 6 rings (SSSR count). The summed E-state index contributed by atoms with van der Waals surface area (Å²) in [5.74, 6) is -0.872. The molecule has 12 N–H and O–H groups in total. The van der Waals surface area contributed by atoms with Crippen LogP contribution >= 0.6 is 63.2 Å². The van der Waals surface area contributed by atoms with Crippen molar-refractivity contribution >= 4 is 86.3 Å². The first-order valence-electron chi connectivity index (χ1n) is 19.6. The van der Waals surface area contributed by atoms with E-state index in [2.05, 4.69) is 51.5 Å². The number of halogens is 2. The van der Waals surface area contributed by atoms with Crippen molar-refractivity contribution in [3.05, 3.63) is 115 Å². The van der Waals surface area contributed by atoms with E-state index in [1.807, 2.05) is 9.97 Å². The molecule has 38 heteroatoms. The van der Waals surface area contributed by atoms with Gasteiger partial charge in [0.05, 0.1) is 23.9 Å². The maximum atomic E-state index is 12.4. The number of hydrogen-bond donors (Lipinski definition) is 12. The van der Waals surface area contributed by atoms with Gasteiger partial charge in [-0.2, -0.15) is 0 Å². The fraction of sp³-hybridized carbons (Fsp3) is 0.353. The van der Waals surface area contributed by atoms with Gasteiger partial charge in [-0.25, -0.2) is 27.8 Å². The summed E-state index contributed by atoms with van der Waals surface area (Å²) in [7, 11) is -20.0. The zero-order valence-electron chi connectivity index (χ0n) is 35.7. The molecule has 10 unspecified atom stereocenters. The molecule has 2 aromatic heterocycles. The molecule has 2 aliphatic rings. The lowest BCUT2D eigenvalue weighted by Crippen LogP contribution is -2.39. The minimum atomic E-state index is -5.20. The van der Waals surface area contributed by atoms with Gasteiger partial charge in [0, 0.05) is 35.9 Å². The highest BCUT2D eigenvalue weighted by molar-refractivity contribution is 9.09. The lowest BCUT2D eigenvalue weighted by molar-refractivity contribution is -0.114. The Morgan fingerprint density at radius 1 is 0.583 bits per heavy atom. The second-order valence-corrected chi connectivity index (χ2v) is 20.7. The predicted molar refractivity (Wildman–Crippen MR) is 247 cm³/mol. The fourth-order valence-corrected chi connectivity index (χ4v) is 9.18. The Labute approximate surface area is 417 Å². The average Bonchev–Trinajstić information content (AvgIpc) is 3.75. The largest absolute Gasteiger partial charge is 0.527 e. The number of phosphoric acid groups is 4. The van der Waals surface area contributed by atoms with Crippen LogP contribution in [-0.2, 0) is 55.4 Å². The highest BCUT2D eigenvalue weighted by Crippen LogP contribution is 2.49. The molecule has 0 aliphatic carbocycles. The van der Waals surface area contributed by atoms with Crippen LogP contribution < -0.4 is 42.2 Å². The molecule has 0 spiro atoms. The molecular formula is C34H40Br2N6O26P4. The maximum absolute atomic E-state index is 12.4. The highest BCUT2D eigenvalue weighted by Gasteiger charge is 2.51. The topological polar surface area (TPSA) is 472 Å². The molecule has 0 saturated carbocycles. The average molecular weight is 1230 g/mol. The van der Waals surface area contributed by atoms with Crippen LogP contribution in [0.5, 0.6) is 11.5 Å². The number of hydrogen-bond acceptors (Lipinski definition) is 20. The lowest BCUT2D eigenvalue weighted by Gasteiger charge is -2.22. The van der Waals surface area contributed by atoms with Gasteiger partial charge in [-0.3, -0.25) is 66.2 Å². The molecule has 2 amide bonds.